The Labute approximate surface area is 181 Å². The second-order valence-corrected chi connectivity index (χ2v) is 7.26. The van der Waals surface area contributed by atoms with Crippen LogP contribution in [0.25, 0.3) is 0 Å². The van der Waals surface area contributed by atoms with Gasteiger partial charge in [0.15, 0.2) is 0 Å². The zero-order valence-corrected chi connectivity index (χ0v) is 17.7. The van der Waals surface area contributed by atoms with Crippen LogP contribution < -0.4 is 30.9 Å². The summed E-state index contributed by atoms with van der Waals surface area (Å²) in [6.45, 7) is 2.26. The molecule has 0 saturated carbocycles. The molecule has 1 aromatic heterocycles. The first-order chi connectivity index (χ1) is 15.2. The number of benzene rings is 1. The standard InChI is InChI=1S/C20H25F3N4O5/c1-3-4-9-26-15-16(25(2)19(30)27(17(15)29)10-6-11-28)24-18(26)31-13-7-5-8-14(12-13)32-20(21,22)23/h5,7-8,12,18,24,28H,3-4,6,9-11H2,1-2H3. The molecule has 0 fully saturated rings. The quantitative estimate of drug-likeness (QED) is 0.595. The topological polar surface area (TPSA) is 98.0 Å². The molecule has 1 aromatic carbocycles. The summed E-state index contributed by atoms with van der Waals surface area (Å²) in [6, 6.07) is 5.06. The van der Waals surface area contributed by atoms with Crippen molar-refractivity contribution in [3.8, 4) is 11.5 Å². The van der Waals surface area contributed by atoms with Gasteiger partial charge < -0.3 is 24.8 Å². The Balaban J connectivity index is 1.96. The van der Waals surface area contributed by atoms with E-state index < -0.39 is 29.7 Å². The van der Waals surface area contributed by atoms with Gasteiger partial charge in [0.25, 0.3) is 11.9 Å². The number of aliphatic hydroxyl groups excluding tert-OH is 1. The van der Waals surface area contributed by atoms with Gasteiger partial charge in [0.2, 0.25) is 0 Å². The number of hydrogen-bond acceptors (Lipinski definition) is 7. The van der Waals surface area contributed by atoms with Crippen molar-refractivity contribution in [2.45, 2.75) is 45.4 Å². The van der Waals surface area contributed by atoms with E-state index in [2.05, 4.69) is 10.1 Å². The lowest BCUT2D eigenvalue weighted by molar-refractivity contribution is -0.274. The van der Waals surface area contributed by atoms with Crippen LogP contribution in [0, 0.1) is 0 Å². The summed E-state index contributed by atoms with van der Waals surface area (Å²) in [5.41, 5.74) is -0.849. The minimum atomic E-state index is -4.84. The van der Waals surface area contributed by atoms with E-state index in [0.717, 1.165) is 23.1 Å². The monoisotopic (exact) mass is 458 g/mol. The van der Waals surface area contributed by atoms with Gasteiger partial charge in [0.05, 0.1) is 0 Å². The smallest absolute Gasteiger partial charge is 0.452 e. The van der Waals surface area contributed by atoms with Crippen molar-refractivity contribution in [1.29, 1.82) is 0 Å². The van der Waals surface area contributed by atoms with Gasteiger partial charge >= 0.3 is 12.1 Å². The average molecular weight is 458 g/mol. The minimum Gasteiger partial charge on any atom is -0.452 e. The summed E-state index contributed by atoms with van der Waals surface area (Å²) < 4.78 is 49.7. The second-order valence-electron chi connectivity index (χ2n) is 7.26. The third-order valence-corrected chi connectivity index (χ3v) is 4.93. The van der Waals surface area contributed by atoms with E-state index in [0.29, 0.717) is 13.0 Å². The van der Waals surface area contributed by atoms with E-state index in [9.17, 15) is 22.8 Å². The molecule has 1 aliphatic heterocycles. The average Bonchev–Trinajstić information content (AvgIpc) is 3.08. The van der Waals surface area contributed by atoms with E-state index in [-0.39, 0.29) is 36.8 Å². The summed E-state index contributed by atoms with van der Waals surface area (Å²) in [6.07, 6.45) is -4.01. The highest BCUT2D eigenvalue weighted by molar-refractivity contribution is 5.71. The van der Waals surface area contributed by atoms with Gasteiger partial charge in [-0.1, -0.05) is 19.4 Å². The second kappa shape index (κ2) is 9.55. The van der Waals surface area contributed by atoms with Crippen molar-refractivity contribution < 1.29 is 27.8 Å². The summed E-state index contributed by atoms with van der Waals surface area (Å²) in [5, 5.41) is 12.1. The van der Waals surface area contributed by atoms with Crippen molar-refractivity contribution in [1.82, 2.24) is 9.13 Å². The van der Waals surface area contributed by atoms with Crippen molar-refractivity contribution in [3.05, 3.63) is 45.1 Å². The number of nitrogens with one attached hydrogen (secondary N) is 1. The maximum atomic E-state index is 13.1. The van der Waals surface area contributed by atoms with Gasteiger partial charge in [-0.3, -0.25) is 13.9 Å². The molecule has 0 aliphatic carbocycles. The number of aliphatic hydroxyl groups is 1. The highest BCUT2D eigenvalue weighted by Crippen LogP contribution is 2.33. The lowest BCUT2D eigenvalue weighted by Crippen LogP contribution is -2.44. The molecule has 3 rings (SSSR count). The third kappa shape index (κ3) is 5.01. The van der Waals surface area contributed by atoms with Gasteiger partial charge in [-0.15, -0.1) is 13.2 Å². The largest absolute Gasteiger partial charge is 0.573 e. The van der Waals surface area contributed by atoms with Crippen molar-refractivity contribution in [3.63, 3.8) is 0 Å². The van der Waals surface area contributed by atoms with Crippen LogP contribution >= 0.6 is 0 Å². The van der Waals surface area contributed by atoms with Crippen LogP contribution in [-0.2, 0) is 13.6 Å². The van der Waals surface area contributed by atoms with E-state index in [1.165, 1.54) is 23.7 Å². The van der Waals surface area contributed by atoms with Gasteiger partial charge in [-0.25, -0.2) is 4.79 Å². The number of unbranched alkanes of at least 4 members (excludes halogenated alkanes) is 1. The Morgan fingerprint density at radius 3 is 2.53 bits per heavy atom. The number of halogens is 3. The molecule has 176 valence electrons. The Morgan fingerprint density at radius 1 is 1.16 bits per heavy atom. The Kier molecular flexibility index (Phi) is 7.02. The van der Waals surface area contributed by atoms with E-state index >= 15 is 0 Å². The number of fused-ring (bicyclic) bond motifs is 1. The normalized spacial score (nSPS) is 15.4. The fraction of sp³-hybridized carbons (Fsp3) is 0.500. The first-order valence-electron chi connectivity index (χ1n) is 10.2. The molecular formula is C20H25F3N4O5. The lowest BCUT2D eigenvalue weighted by atomic mass is 10.3. The molecule has 32 heavy (non-hydrogen) atoms. The first kappa shape index (κ1) is 23.5. The molecule has 12 heteroatoms. The van der Waals surface area contributed by atoms with Crippen LogP contribution in [0.1, 0.15) is 26.2 Å². The molecular weight excluding hydrogens is 433 g/mol. The maximum absolute atomic E-state index is 13.1. The summed E-state index contributed by atoms with van der Waals surface area (Å²) in [4.78, 5) is 27.4. The SMILES string of the molecule is CCCCN1c2c(n(C)c(=O)n(CCCO)c2=O)NC1Oc1cccc(OC(F)(F)F)c1. The number of aromatic nitrogens is 2. The number of rotatable bonds is 9. The predicted molar refractivity (Wildman–Crippen MR) is 111 cm³/mol. The molecule has 2 heterocycles. The number of ether oxygens (including phenoxy) is 2. The fourth-order valence-corrected chi connectivity index (χ4v) is 3.44. The van der Waals surface area contributed by atoms with Crippen LogP contribution in [0.15, 0.2) is 33.9 Å². The van der Waals surface area contributed by atoms with Crippen LogP contribution in [-0.4, -0.2) is 40.1 Å². The van der Waals surface area contributed by atoms with Gasteiger partial charge in [0.1, 0.15) is 23.0 Å². The highest BCUT2D eigenvalue weighted by atomic mass is 19.4. The molecule has 0 saturated heterocycles. The summed E-state index contributed by atoms with van der Waals surface area (Å²) in [7, 11) is 1.50. The number of hydrogen-bond donors (Lipinski definition) is 2. The number of nitrogens with zero attached hydrogens (tertiary/aromatic N) is 3. The number of anilines is 2. The van der Waals surface area contributed by atoms with Crippen LogP contribution in [0.5, 0.6) is 11.5 Å². The zero-order chi connectivity index (χ0) is 23.5. The van der Waals surface area contributed by atoms with Crippen LogP contribution in [0.2, 0.25) is 0 Å². The molecule has 0 radical (unpaired) electrons. The lowest BCUT2D eigenvalue weighted by Gasteiger charge is -2.26. The maximum Gasteiger partial charge on any atom is 0.573 e. The third-order valence-electron chi connectivity index (χ3n) is 4.93. The van der Waals surface area contributed by atoms with Crippen molar-refractivity contribution in [2.75, 3.05) is 23.4 Å². The summed E-state index contributed by atoms with van der Waals surface area (Å²) >= 11 is 0. The first-order valence-corrected chi connectivity index (χ1v) is 10.2. The fourth-order valence-electron chi connectivity index (χ4n) is 3.44. The van der Waals surface area contributed by atoms with Gasteiger partial charge in [-0.05, 0) is 25.0 Å². The Morgan fingerprint density at radius 2 is 1.88 bits per heavy atom. The molecule has 1 unspecified atom stereocenters. The van der Waals surface area contributed by atoms with Crippen LogP contribution in [0.3, 0.4) is 0 Å². The van der Waals surface area contributed by atoms with E-state index in [4.69, 9.17) is 9.84 Å². The van der Waals surface area contributed by atoms with Crippen LogP contribution in [0.4, 0.5) is 24.7 Å². The van der Waals surface area contributed by atoms with Gasteiger partial charge in [-0.2, -0.15) is 0 Å². The molecule has 0 spiro atoms. The van der Waals surface area contributed by atoms with Crippen molar-refractivity contribution in [2.24, 2.45) is 7.05 Å². The van der Waals surface area contributed by atoms with E-state index in [1.807, 2.05) is 6.92 Å². The van der Waals surface area contributed by atoms with Gasteiger partial charge in [0, 0.05) is 32.8 Å². The van der Waals surface area contributed by atoms with E-state index in [1.54, 1.807) is 4.90 Å². The molecule has 0 bridgehead atoms. The molecule has 2 N–H and O–H groups in total. The number of alkyl halides is 3. The minimum absolute atomic E-state index is 0.0548. The molecule has 9 nitrogen and oxygen atoms in total. The zero-order valence-electron chi connectivity index (χ0n) is 17.7. The molecule has 1 atom stereocenters. The molecule has 1 aliphatic rings. The molecule has 2 aromatic rings. The highest BCUT2D eigenvalue weighted by Gasteiger charge is 2.36. The van der Waals surface area contributed by atoms with Crippen molar-refractivity contribution >= 4 is 11.5 Å². The Hall–Kier alpha value is -3.15. The predicted octanol–water partition coefficient (Wildman–Crippen LogP) is 2.22. The summed E-state index contributed by atoms with van der Waals surface area (Å²) in [5.74, 6) is -0.0995. The Bertz CT molecular complexity index is 1070. The molecule has 0 amide bonds.